The molecule has 1 fully saturated rings. The van der Waals surface area contributed by atoms with Gasteiger partial charge in [0.15, 0.2) is 0 Å². The molecule has 0 bridgehead atoms. The number of nitrogens with two attached hydrogens (primary N) is 1. The average molecular weight is 306 g/mol. The monoisotopic (exact) mass is 306 g/mol. The molecule has 0 unspecified atom stereocenters. The van der Waals surface area contributed by atoms with Gasteiger partial charge in [0.1, 0.15) is 5.75 Å². The van der Waals surface area contributed by atoms with Crippen LogP contribution in [0.3, 0.4) is 0 Å². The van der Waals surface area contributed by atoms with E-state index in [1.807, 2.05) is 7.05 Å². The fourth-order valence-corrected chi connectivity index (χ4v) is 3.11. The average Bonchev–Trinajstić information content (AvgIpc) is 2.55. The second kappa shape index (κ2) is 8.25. The summed E-state index contributed by atoms with van der Waals surface area (Å²) in [6, 6.07) is 4.79. The summed E-state index contributed by atoms with van der Waals surface area (Å²) in [6.45, 7) is 6.40. The van der Waals surface area contributed by atoms with E-state index in [1.54, 1.807) is 7.11 Å². The van der Waals surface area contributed by atoms with E-state index in [-0.39, 0.29) is 0 Å². The molecule has 22 heavy (non-hydrogen) atoms. The molecule has 2 rings (SSSR count). The largest absolute Gasteiger partial charge is 0.495 e. The molecule has 1 heterocycles. The molecule has 1 saturated heterocycles. The standard InChI is InChI=1S/C17H30N4O/c1-4-13-11-15(18)17(22-3)12-16(13)21-9-5-14(6-10-21)20-8-7-19-2/h11-12,14,19-20H,4-10,18H2,1-3H3. The van der Waals surface area contributed by atoms with Crippen molar-refractivity contribution in [3.63, 3.8) is 0 Å². The first-order valence-corrected chi connectivity index (χ1v) is 8.28. The smallest absolute Gasteiger partial charge is 0.143 e. The van der Waals surface area contributed by atoms with Crippen molar-refractivity contribution in [1.82, 2.24) is 10.6 Å². The van der Waals surface area contributed by atoms with Gasteiger partial charge in [0.25, 0.3) is 0 Å². The second-order valence-corrected chi connectivity index (χ2v) is 5.90. The van der Waals surface area contributed by atoms with Crippen LogP contribution in [-0.2, 0) is 6.42 Å². The summed E-state index contributed by atoms with van der Waals surface area (Å²) in [6.07, 6.45) is 3.35. The van der Waals surface area contributed by atoms with E-state index >= 15 is 0 Å². The minimum absolute atomic E-state index is 0.630. The van der Waals surface area contributed by atoms with Crippen molar-refractivity contribution in [3.05, 3.63) is 17.7 Å². The molecule has 1 aromatic carbocycles. The van der Waals surface area contributed by atoms with Gasteiger partial charge >= 0.3 is 0 Å². The van der Waals surface area contributed by atoms with E-state index in [2.05, 4.69) is 34.6 Å². The van der Waals surface area contributed by atoms with Crippen LogP contribution in [0.15, 0.2) is 12.1 Å². The molecule has 124 valence electrons. The summed E-state index contributed by atoms with van der Waals surface area (Å²) in [5, 5.41) is 6.80. The summed E-state index contributed by atoms with van der Waals surface area (Å²) < 4.78 is 5.39. The highest BCUT2D eigenvalue weighted by Gasteiger charge is 2.21. The topological polar surface area (TPSA) is 62.6 Å². The van der Waals surface area contributed by atoms with Gasteiger partial charge < -0.3 is 26.0 Å². The number of piperidine rings is 1. The van der Waals surface area contributed by atoms with Crippen LogP contribution in [0, 0.1) is 0 Å². The first-order chi connectivity index (χ1) is 10.7. The Morgan fingerprint density at radius 2 is 2.00 bits per heavy atom. The maximum absolute atomic E-state index is 6.04. The van der Waals surface area contributed by atoms with Crippen LogP contribution in [-0.4, -0.2) is 46.4 Å². The van der Waals surface area contributed by atoms with E-state index in [0.717, 1.165) is 44.0 Å². The number of methoxy groups -OCH3 is 1. The highest BCUT2D eigenvalue weighted by atomic mass is 16.5. The predicted molar refractivity (Wildman–Crippen MR) is 93.9 cm³/mol. The zero-order valence-corrected chi connectivity index (χ0v) is 14.1. The normalized spacial score (nSPS) is 16.0. The maximum atomic E-state index is 6.04. The Balaban J connectivity index is 2.01. The molecule has 1 aromatic rings. The fraction of sp³-hybridized carbons (Fsp3) is 0.647. The summed E-state index contributed by atoms with van der Waals surface area (Å²) >= 11 is 0. The summed E-state index contributed by atoms with van der Waals surface area (Å²) in [4.78, 5) is 2.47. The summed E-state index contributed by atoms with van der Waals surface area (Å²) in [5.41, 5.74) is 9.35. The molecule has 5 heteroatoms. The lowest BCUT2D eigenvalue weighted by atomic mass is 10.0. The van der Waals surface area contributed by atoms with Gasteiger partial charge in [0, 0.05) is 44.0 Å². The number of likely N-dealkylation sites (N-methyl/N-ethyl adjacent to an activating group) is 1. The molecule has 0 aliphatic carbocycles. The third-order valence-corrected chi connectivity index (χ3v) is 4.46. The van der Waals surface area contributed by atoms with Gasteiger partial charge in [-0.25, -0.2) is 0 Å². The zero-order valence-electron chi connectivity index (χ0n) is 14.1. The first-order valence-electron chi connectivity index (χ1n) is 8.28. The zero-order chi connectivity index (χ0) is 15.9. The Morgan fingerprint density at radius 1 is 1.27 bits per heavy atom. The molecule has 1 aliphatic rings. The van der Waals surface area contributed by atoms with Crippen molar-refractivity contribution in [2.45, 2.75) is 32.2 Å². The van der Waals surface area contributed by atoms with Gasteiger partial charge in [-0.15, -0.1) is 0 Å². The van der Waals surface area contributed by atoms with Crippen LogP contribution >= 0.6 is 0 Å². The van der Waals surface area contributed by atoms with Gasteiger partial charge in [0.05, 0.1) is 12.8 Å². The number of anilines is 2. The number of aryl methyl sites for hydroxylation is 1. The molecule has 0 radical (unpaired) electrons. The Kier molecular flexibility index (Phi) is 6.34. The third kappa shape index (κ3) is 4.05. The number of ether oxygens (including phenoxy) is 1. The van der Waals surface area contributed by atoms with E-state index in [1.165, 1.54) is 24.1 Å². The first kappa shape index (κ1) is 16.9. The van der Waals surface area contributed by atoms with Crippen molar-refractivity contribution < 1.29 is 4.74 Å². The molecule has 0 amide bonds. The molecular formula is C17H30N4O. The molecule has 5 nitrogen and oxygen atoms in total. The second-order valence-electron chi connectivity index (χ2n) is 5.90. The SMILES string of the molecule is CCc1cc(N)c(OC)cc1N1CCC(NCCNC)CC1. The number of nitrogens with one attached hydrogen (secondary N) is 2. The van der Waals surface area contributed by atoms with Crippen molar-refractivity contribution >= 4 is 11.4 Å². The molecule has 0 atom stereocenters. The number of nitrogen functional groups attached to an aromatic ring is 1. The lowest BCUT2D eigenvalue weighted by Gasteiger charge is -2.35. The van der Waals surface area contributed by atoms with Crippen molar-refractivity contribution in [2.24, 2.45) is 0 Å². The van der Waals surface area contributed by atoms with Gasteiger partial charge in [-0.3, -0.25) is 0 Å². The van der Waals surface area contributed by atoms with Crippen molar-refractivity contribution in [1.29, 1.82) is 0 Å². The van der Waals surface area contributed by atoms with Crippen LogP contribution in [0.2, 0.25) is 0 Å². The van der Waals surface area contributed by atoms with Crippen LogP contribution in [0.25, 0.3) is 0 Å². The Morgan fingerprint density at radius 3 is 2.59 bits per heavy atom. The van der Waals surface area contributed by atoms with Crippen molar-refractivity contribution in [2.75, 3.05) is 51.0 Å². The fourth-order valence-electron chi connectivity index (χ4n) is 3.11. The molecule has 0 saturated carbocycles. The Hall–Kier alpha value is -1.46. The number of benzene rings is 1. The lowest BCUT2D eigenvalue weighted by Crippen LogP contribution is -2.44. The molecule has 1 aliphatic heterocycles. The van der Waals surface area contributed by atoms with Gasteiger partial charge in [-0.2, -0.15) is 0 Å². The maximum Gasteiger partial charge on any atom is 0.143 e. The molecule has 0 spiro atoms. The van der Waals surface area contributed by atoms with Crippen molar-refractivity contribution in [3.8, 4) is 5.75 Å². The highest BCUT2D eigenvalue weighted by Crippen LogP contribution is 2.33. The van der Waals surface area contributed by atoms with Crippen LogP contribution in [0.5, 0.6) is 5.75 Å². The van der Waals surface area contributed by atoms with Crippen LogP contribution < -0.4 is 26.0 Å². The van der Waals surface area contributed by atoms with Gasteiger partial charge in [0.2, 0.25) is 0 Å². The molecular weight excluding hydrogens is 276 g/mol. The summed E-state index contributed by atoms with van der Waals surface area (Å²) in [5.74, 6) is 0.779. The third-order valence-electron chi connectivity index (χ3n) is 4.46. The minimum atomic E-state index is 0.630. The van der Waals surface area contributed by atoms with E-state index in [4.69, 9.17) is 10.5 Å². The lowest BCUT2D eigenvalue weighted by molar-refractivity contribution is 0.410. The molecule has 0 aromatic heterocycles. The number of hydrogen-bond donors (Lipinski definition) is 3. The van der Waals surface area contributed by atoms with Gasteiger partial charge in [-0.1, -0.05) is 6.92 Å². The highest BCUT2D eigenvalue weighted by molar-refractivity contribution is 5.67. The van der Waals surface area contributed by atoms with Crippen LogP contribution in [0.1, 0.15) is 25.3 Å². The minimum Gasteiger partial charge on any atom is -0.495 e. The van der Waals surface area contributed by atoms with E-state index < -0.39 is 0 Å². The number of nitrogens with zero attached hydrogens (tertiary/aromatic N) is 1. The van der Waals surface area contributed by atoms with Crippen LogP contribution in [0.4, 0.5) is 11.4 Å². The van der Waals surface area contributed by atoms with Gasteiger partial charge in [-0.05, 0) is 37.9 Å². The summed E-state index contributed by atoms with van der Waals surface area (Å²) in [7, 11) is 3.67. The quantitative estimate of drug-likeness (QED) is 0.528. The predicted octanol–water partition coefficient (Wildman–Crippen LogP) is 1.62. The number of rotatable bonds is 7. The number of hydrogen-bond acceptors (Lipinski definition) is 5. The Bertz CT molecular complexity index is 470. The molecule has 4 N–H and O–H groups in total. The van der Waals surface area contributed by atoms with E-state index in [9.17, 15) is 0 Å². The Labute approximate surface area is 134 Å². The van der Waals surface area contributed by atoms with E-state index in [0.29, 0.717) is 6.04 Å².